The third kappa shape index (κ3) is 6.49. The Morgan fingerprint density at radius 3 is 2.42 bits per heavy atom. The molecule has 1 aliphatic rings. The van der Waals surface area contributed by atoms with Gasteiger partial charge in [-0.05, 0) is 60.5 Å². The first-order chi connectivity index (χ1) is 21.8. The molecule has 6 nitrogen and oxygen atoms in total. The fraction of sp³-hybridized carbons (Fsp3) is 0.114. The minimum Gasteiger partial charge on any atom is -0.489 e. The lowest BCUT2D eigenvalue weighted by Crippen LogP contribution is -2.40. The van der Waals surface area contributed by atoms with Crippen LogP contribution in [0.1, 0.15) is 35.2 Å². The quantitative estimate of drug-likeness (QED) is 0.169. The molecule has 0 aliphatic carbocycles. The maximum absolute atomic E-state index is 14.0. The third-order valence-electron chi connectivity index (χ3n) is 7.15. The van der Waals surface area contributed by atoms with Crippen LogP contribution in [0.4, 0.5) is 4.39 Å². The van der Waals surface area contributed by atoms with Gasteiger partial charge in [0.2, 0.25) is 0 Å². The standard InChI is InChI=1S/C35H25Cl2FN2O4S/c1-2-43-34(42)30-31(22-6-4-3-5-7-22)39-35-40(32(30)23-11-14-26(38)15-12-23)33(41)29(45-35)18-21-8-16-27(17-9-21)44-20-24-10-13-25(36)19-28(24)37/h3-19,32H,2,20H2,1H3/b29-18-/t32-/m1/s1. The van der Waals surface area contributed by atoms with Crippen molar-refractivity contribution in [1.82, 2.24) is 4.57 Å². The van der Waals surface area contributed by atoms with Gasteiger partial charge in [-0.15, -0.1) is 0 Å². The number of aromatic nitrogens is 1. The van der Waals surface area contributed by atoms with Crippen molar-refractivity contribution >= 4 is 52.3 Å². The smallest absolute Gasteiger partial charge is 0.338 e. The second-order valence-corrected chi connectivity index (χ2v) is 11.9. The molecule has 45 heavy (non-hydrogen) atoms. The summed E-state index contributed by atoms with van der Waals surface area (Å²) in [7, 11) is 0. The molecule has 0 N–H and O–H groups in total. The minimum absolute atomic E-state index is 0.136. The Hall–Kier alpha value is -4.50. The van der Waals surface area contributed by atoms with Crippen molar-refractivity contribution in [3.8, 4) is 5.75 Å². The highest BCUT2D eigenvalue weighted by molar-refractivity contribution is 7.07. The summed E-state index contributed by atoms with van der Waals surface area (Å²) in [4.78, 5) is 32.7. The van der Waals surface area contributed by atoms with Crippen molar-refractivity contribution in [3.63, 3.8) is 0 Å². The molecule has 2 heterocycles. The largest absolute Gasteiger partial charge is 0.489 e. The van der Waals surface area contributed by atoms with Crippen LogP contribution in [-0.4, -0.2) is 17.1 Å². The predicted molar refractivity (Wildman–Crippen MR) is 175 cm³/mol. The summed E-state index contributed by atoms with van der Waals surface area (Å²) in [6.07, 6.45) is 1.77. The molecule has 0 bridgehead atoms. The van der Waals surface area contributed by atoms with E-state index in [1.165, 1.54) is 28.0 Å². The van der Waals surface area contributed by atoms with Crippen LogP contribution in [0.25, 0.3) is 11.8 Å². The highest BCUT2D eigenvalue weighted by atomic mass is 35.5. The molecule has 0 radical (unpaired) electrons. The molecule has 0 spiro atoms. The van der Waals surface area contributed by atoms with E-state index in [1.807, 2.05) is 48.5 Å². The fourth-order valence-electron chi connectivity index (χ4n) is 5.01. The number of carbonyl (C=O) groups excluding carboxylic acids is 1. The second-order valence-electron chi connectivity index (χ2n) is 10.1. The summed E-state index contributed by atoms with van der Waals surface area (Å²) >= 11 is 13.4. The van der Waals surface area contributed by atoms with Gasteiger partial charge in [0.1, 0.15) is 18.2 Å². The van der Waals surface area contributed by atoms with Crippen molar-refractivity contribution in [2.75, 3.05) is 6.61 Å². The summed E-state index contributed by atoms with van der Waals surface area (Å²) in [5, 5.41) is 1.07. The van der Waals surface area contributed by atoms with Gasteiger partial charge in [0, 0.05) is 21.2 Å². The van der Waals surface area contributed by atoms with E-state index in [0.717, 1.165) is 11.1 Å². The lowest BCUT2D eigenvalue weighted by Gasteiger charge is -2.25. The van der Waals surface area contributed by atoms with Crippen molar-refractivity contribution in [1.29, 1.82) is 0 Å². The van der Waals surface area contributed by atoms with Crippen molar-refractivity contribution in [2.45, 2.75) is 19.6 Å². The molecule has 0 amide bonds. The third-order valence-corrected chi connectivity index (χ3v) is 8.72. The van der Waals surface area contributed by atoms with E-state index in [-0.39, 0.29) is 24.3 Å². The number of esters is 1. The molecule has 226 valence electrons. The Labute approximate surface area is 271 Å². The van der Waals surface area contributed by atoms with Crippen LogP contribution in [0.3, 0.4) is 0 Å². The summed E-state index contributed by atoms with van der Waals surface area (Å²) < 4.78 is 27.2. The normalized spacial score (nSPS) is 14.6. The average molecular weight is 660 g/mol. The molecule has 10 heteroatoms. The van der Waals surface area contributed by atoms with E-state index >= 15 is 0 Å². The number of thiazole rings is 1. The van der Waals surface area contributed by atoms with Gasteiger partial charge in [0.05, 0.1) is 28.5 Å². The molecule has 0 saturated heterocycles. The van der Waals surface area contributed by atoms with Crippen LogP contribution in [-0.2, 0) is 16.1 Å². The number of ether oxygens (including phenoxy) is 2. The SMILES string of the molecule is CCOC(=O)C1=C(c2ccccc2)N=c2s/c(=C\c3ccc(OCc4ccc(Cl)cc4Cl)cc3)c(=O)n2[C@@H]1c1ccc(F)cc1. The average Bonchev–Trinajstić information content (AvgIpc) is 3.35. The van der Waals surface area contributed by atoms with Crippen LogP contribution in [0.2, 0.25) is 10.0 Å². The Kier molecular flexibility index (Phi) is 8.98. The Morgan fingerprint density at radius 2 is 1.73 bits per heavy atom. The maximum atomic E-state index is 14.0. The van der Waals surface area contributed by atoms with E-state index in [9.17, 15) is 14.0 Å². The molecule has 1 aromatic heterocycles. The van der Waals surface area contributed by atoms with Crippen molar-refractivity contribution in [2.24, 2.45) is 4.99 Å². The van der Waals surface area contributed by atoms with Gasteiger partial charge >= 0.3 is 5.97 Å². The fourth-order valence-corrected chi connectivity index (χ4v) is 6.48. The Bertz CT molecular complexity index is 2090. The summed E-state index contributed by atoms with van der Waals surface area (Å²) in [6, 6.07) is 26.7. The van der Waals surface area contributed by atoms with E-state index < -0.39 is 17.8 Å². The second kappa shape index (κ2) is 13.2. The maximum Gasteiger partial charge on any atom is 0.338 e. The van der Waals surface area contributed by atoms with Gasteiger partial charge in [-0.3, -0.25) is 9.36 Å². The number of hydrogen-bond acceptors (Lipinski definition) is 6. The summed E-state index contributed by atoms with van der Waals surface area (Å²) in [5.41, 5.74) is 3.09. The predicted octanol–water partition coefficient (Wildman–Crippen LogP) is 6.96. The molecule has 6 rings (SSSR count). The zero-order chi connectivity index (χ0) is 31.5. The summed E-state index contributed by atoms with van der Waals surface area (Å²) in [5.74, 6) is -0.401. The molecule has 4 aromatic carbocycles. The van der Waals surface area contributed by atoms with Crippen LogP contribution in [0.15, 0.2) is 112 Å². The molecule has 1 atom stereocenters. The zero-order valence-corrected chi connectivity index (χ0v) is 26.2. The first kappa shape index (κ1) is 30.5. The molecule has 0 fully saturated rings. The summed E-state index contributed by atoms with van der Waals surface area (Å²) in [6.45, 7) is 2.12. The van der Waals surface area contributed by atoms with Crippen LogP contribution >= 0.6 is 34.5 Å². The van der Waals surface area contributed by atoms with E-state index in [0.29, 0.717) is 42.0 Å². The Balaban J connectivity index is 1.42. The number of benzene rings is 4. The number of fused-ring (bicyclic) bond motifs is 1. The van der Waals surface area contributed by atoms with E-state index in [2.05, 4.69) is 0 Å². The number of nitrogens with zero attached hydrogens (tertiary/aromatic N) is 2. The van der Waals surface area contributed by atoms with E-state index in [1.54, 1.807) is 49.4 Å². The number of rotatable bonds is 8. The van der Waals surface area contributed by atoms with Crippen LogP contribution in [0, 0.1) is 5.82 Å². The molecular formula is C35H25Cl2FN2O4S. The molecule has 5 aromatic rings. The highest BCUT2D eigenvalue weighted by Gasteiger charge is 2.35. The monoisotopic (exact) mass is 658 g/mol. The van der Waals surface area contributed by atoms with Crippen molar-refractivity contribution in [3.05, 3.63) is 160 Å². The van der Waals surface area contributed by atoms with Crippen LogP contribution in [0.5, 0.6) is 5.75 Å². The number of carbonyl (C=O) groups is 1. The topological polar surface area (TPSA) is 69.9 Å². The molecule has 0 saturated carbocycles. The molecular weight excluding hydrogens is 634 g/mol. The molecule has 1 aliphatic heterocycles. The first-order valence-corrected chi connectivity index (χ1v) is 15.6. The zero-order valence-electron chi connectivity index (χ0n) is 23.9. The first-order valence-electron chi connectivity index (χ1n) is 14.0. The molecule has 0 unspecified atom stereocenters. The van der Waals surface area contributed by atoms with Crippen molar-refractivity contribution < 1.29 is 18.7 Å². The number of hydrogen-bond donors (Lipinski definition) is 0. The Morgan fingerprint density at radius 1 is 1.00 bits per heavy atom. The highest BCUT2D eigenvalue weighted by Crippen LogP contribution is 2.35. The van der Waals surface area contributed by atoms with E-state index in [4.69, 9.17) is 37.7 Å². The van der Waals surface area contributed by atoms with Crippen LogP contribution < -0.4 is 19.6 Å². The lowest BCUT2D eigenvalue weighted by atomic mass is 9.93. The number of halogens is 3. The minimum atomic E-state index is -0.881. The lowest BCUT2D eigenvalue weighted by molar-refractivity contribution is -0.138. The van der Waals surface area contributed by atoms with Gasteiger partial charge in [0.15, 0.2) is 4.80 Å². The van der Waals surface area contributed by atoms with Gasteiger partial charge in [-0.1, -0.05) is 95.2 Å². The van der Waals surface area contributed by atoms with Gasteiger partial charge in [-0.2, -0.15) is 0 Å². The van der Waals surface area contributed by atoms with Gasteiger partial charge in [-0.25, -0.2) is 14.2 Å². The van der Waals surface area contributed by atoms with Gasteiger partial charge in [0.25, 0.3) is 5.56 Å². The van der Waals surface area contributed by atoms with Gasteiger partial charge < -0.3 is 9.47 Å².